The molecule has 1 aliphatic rings. The SMILES string of the molecule is COc1nc(N(C)C)sc1CNCCC1CCCCC1. The molecule has 1 aromatic heterocycles. The van der Waals surface area contributed by atoms with Gasteiger partial charge in [-0.25, -0.2) is 0 Å². The summed E-state index contributed by atoms with van der Waals surface area (Å²) < 4.78 is 5.36. The molecule has 1 heterocycles. The Morgan fingerprint density at radius 3 is 2.70 bits per heavy atom. The van der Waals surface area contributed by atoms with Gasteiger partial charge in [0.2, 0.25) is 5.88 Å². The number of anilines is 1. The van der Waals surface area contributed by atoms with Crippen LogP contribution in [0.25, 0.3) is 0 Å². The van der Waals surface area contributed by atoms with Crippen molar-refractivity contribution < 1.29 is 4.74 Å². The molecular formula is C15H27N3OS. The van der Waals surface area contributed by atoms with Crippen molar-refractivity contribution in [3.63, 3.8) is 0 Å². The highest BCUT2D eigenvalue weighted by Gasteiger charge is 2.14. The van der Waals surface area contributed by atoms with Gasteiger partial charge in [0, 0.05) is 20.6 Å². The number of nitrogens with one attached hydrogen (secondary N) is 1. The molecule has 0 unspecified atom stereocenters. The van der Waals surface area contributed by atoms with E-state index in [1.807, 2.05) is 19.0 Å². The van der Waals surface area contributed by atoms with Gasteiger partial charge in [-0.2, -0.15) is 4.98 Å². The molecule has 0 bridgehead atoms. The summed E-state index contributed by atoms with van der Waals surface area (Å²) in [6, 6.07) is 0. The molecule has 5 heteroatoms. The van der Waals surface area contributed by atoms with Crippen LogP contribution < -0.4 is 15.0 Å². The number of hydrogen-bond donors (Lipinski definition) is 1. The first-order valence-corrected chi connectivity index (χ1v) is 8.44. The van der Waals surface area contributed by atoms with Gasteiger partial charge in [-0.15, -0.1) is 0 Å². The fourth-order valence-electron chi connectivity index (χ4n) is 2.77. The number of rotatable bonds is 7. The van der Waals surface area contributed by atoms with Gasteiger partial charge in [-0.05, 0) is 18.9 Å². The van der Waals surface area contributed by atoms with Crippen molar-refractivity contribution in [2.45, 2.75) is 45.1 Å². The van der Waals surface area contributed by atoms with Crippen molar-refractivity contribution in [3.8, 4) is 5.88 Å². The minimum absolute atomic E-state index is 0.767. The average Bonchev–Trinajstić information content (AvgIpc) is 2.88. The van der Waals surface area contributed by atoms with Gasteiger partial charge in [0.15, 0.2) is 5.13 Å². The Hall–Kier alpha value is -0.810. The van der Waals surface area contributed by atoms with E-state index >= 15 is 0 Å². The number of thiazole rings is 1. The molecule has 1 aliphatic carbocycles. The Bertz CT molecular complexity index is 400. The summed E-state index contributed by atoms with van der Waals surface area (Å²) in [5.74, 6) is 1.71. The predicted molar refractivity (Wildman–Crippen MR) is 85.9 cm³/mol. The second-order valence-electron chi connectivity index (χ2n) is 5.79. The number of methoxy groups -OCH3 is 1. The lowest BCUT2D eigenvalue weighted by Gasteiger charge is -2.21. The maximum absolute atomic E-state index is 5.36. The van der Waals surface area contributed by atoms with Gasteiger partial charge in [0.25, 0.3) is 0 Å². The molecule has 20 heavy (non-hydrogen) atoms. The van der Waals surface area contributed by atoms with E-state index in [9.17, 15) is 0 Å². The van der Waals surface area contributed by atoms with Crippen LogP contribution in [0.5, 0.6) is 5.88 Å². The topological polar surface area (TPSA) is 37.4 Å². The fourth-order valence-corrected chi connectivity index (χ4v) is 3.69. The normalized spacial score (nSPS) is 16.4. The summed E-state index contributed by atoms with van der Waals surface area (Å²) in [5.41, 5.74) is 0. The summed E-state index contributed by atoms with van der Waals surface area (Å²) in [6.07, 6.45) is 8.46. The Kier molecular flexibility index (Phi) is 6.10. The zero-order valence-corrected chi connectivity index (χ0v) is 13.8. The zero-order chi connectivity index (χ0) is 14.4. The third-order valence-electron chi connectivity index (χ3n) is 3.97. The van der Waals surface area contributed by atoms with Crippen LogP contribution in [0.1, 0.15) is 43.4 Å². The lowest BCUT2D eigenvalue weighted by Crippen LogP contribution is -2.18. The molecule has 0 radical (unpaired) electrons. The molecule has 0 saturated heterocycles. The Balaban J connectivity index is 1.75. The minimum atomic E-state index is 0.767. The zero-order valence-electron chi connectivity index (χ0n) is 12.9. The van der Waals surface area contributed by atoms with Gasteiger partial charge in [-0.3, -0.25) is 0 Å². The van der Waals surface area contributed by atoms with Crippen LogP contribution in [0.3, 0.4) is 0 Å². The van der Waals surface area contributed by atoms with Crippen molar-refractivity contribution in [3.05, 3.63) is 4.88 Å². The summed E-state index contributed by atoms with van der Waals surface area (Å²) in [4.78, 5) is 7.70. The molecule has 1 saturated carbocycles. The van der Waals surface area contributed by atoms with E-state index in [0.717, 1.165) is 30.0 Å². The highest BCUT2D eigenvalue weighted by atomic mass is 32.1. The third kappa shape index (κ3) is 4.35. The van der Waals surface area contributed by atoms with Crippen LogP contribution >= 0.6 is 11.3 Å². The number of ether oxygens (including phenoxy) is 1. The van der Waals surface area contributed by atoms with E-state index in [4.69, 9.17) is 4.74 Å². The van der Waals surface area contributed by atoms with Crippen LogP contribution in [-0.4, -0.2) is 32.7 Å². The van der Waals surface area contributed by atoms with E-state index in [-0.39, 0.29) is 0 Å². The van der Waals surface area contributed by atoms with Crippen LogP contribution in [0, 0.1) is 5.92 Å². The highest BCUT2D eigenvalue weighted by Crippen LogP contribution is 2.30. The summed E-state index contributed by atoms with van der Waals surface area (Å²) in [7, 11) is 5.72. The molecule has 1 N–H and O–H groups in total. The largest absolute Gasteiger partial charge is 0.480 e. The summed E-state index contributed by atoms with van der Waals surface area (Å²) >= 11 is 1.71. The first kappa shape index (κ1) is 15.6. The van der Waals surface area contributed by atoms with E-state index in [2.05, 4.69) is 10.3 Å². The summed E-state index contributed by atoms with van der Waals surface area (Å²) in [6.45, 7) is 1.96. The summed E-state index contributed by atoms with van der Waals surface area (Å²) in [5, 5.41) is 4.55. The first-order valence-electron chi connectivity index (χ1n) is 7.62. The second kappa shape index (κ2) is 7.84. The average molecular weight is 297 g/mol. The van der Waals surface area contributed by atoms with Gasteiger partial charge in [0.1, 0.15) is 0 Å². The van der Waals surface area contributed by atoms with Crippen molar-refractivity contribution in [2.75, 3.05) is 32.6 Å². The first-order chi connectivity index (χ1) is 9.70. The van der Waals surface area contributed by atoms with Crippen LogP contribution in [-0.2, 0) is 6.54 Å². The monoisotopic (exact) mass is 297 g/mol. The van der Waals surface area contributed by atoms with Gasteiger partial charge >= 0.3 is 0 Å². The molecular weight excluding hydrogens is 270 g/mol. The quantitative estimate of drug-likeness (QED) is 0.784. The predicted octanol–water partition coefficient (Wildman–Crippen LogP) is 3.28. The molecule has 2 rings (SSSR count). The lowest BCUT2D eigenvalue weighted by atomic mass is 9.87. The van der Waals surface area contributed by atoms with Crippen molar-refractivity contribution >= 4 is 16.5 Å². The Morgan fingerprint density at radius 2 is 2.05 bits per heavy atom. The van der Waals surface area contributed by atoms with Gasteiger partial charge < -0.3 is 15.0 Å². The second-order valence-corrected chi connectivity index (χ2v) is 6.85. The van der Waals surface area contributed by atoms with Crippen LogP contribution in [0.2, 0.25) is 0 Å². The maximum Gasteiger partial charge on any atom is 0.230 e. The smallest absolute Gasteiger partial charge is 0.230 e. The van der Waals surface area contributed by atoms with E-state index in [1.165, 1.54) is 43.4 Å². The van der Waals surface area contributed by atoms with E-state index in [1.54, 1.807) is 18.4 Å². The molecule has 0 spiro atoms. The van der Waals surface area contributed by atoms with Crippen molar-refractivity contribution in [1.82, 2.24) is 10.3 Å². The maximum atomic E-state index is 5.36. The molecule has 1 fully saturated rings. The van der Waals surface area contributed by atoms with Gasteiger partial charge in [0.05, 0.1) is 12.0 Å². The van der Waals surface area contributed by atoms with Gasteiger partial charge in [-0.1, -0.05) is 43.4 Å². The lowest BCUT2D eigenvalue weighted by molar-refractivity contribution is 0.333. The van der Waals surface area contributed by atoms with Crippen LogP contribution in [0.15, 0.2) is 0 Å². The Labute approximate surface area is 126 Å². The minimum Gasteiger partial charge on any atom is -0.480 e. The molecule has 1 aromatic rings. The highest BCUT2D eigenvalue weighted by molar-refractivity contribution is 7.15. The molecule has 0 atom stereocenters. The van der Waals surface area contributed by atoms with Crippen molar-refractivity contribution in [2.24, 2.45) is 5.92 Å². The van der Waals surface area contributed by atoms with E-state index in [0.29, 0.717) is 0 Å². The Morgan fingerprint density at radius 1 is 1.30 bits per heavy atom. The van der Waals surface area contributed by atoms with Crippen LogP contribution in [0.4, 0.5) is 5.13 Å². The number of hydrogen-bond acceptors (Lipinski definition) is 5. The fraction of sp³-hybridized carbons (Fsp3) is 0.800. The standard InChI is InChI=1S/C15H27N3OS/c1-18(2)15-17-14(19-3)13(20-15)11-16-10-9-12-7-5-4-6-8-12/h12,16H,4-11H2,1-3H3. The molecule has 4 nitrogen and oxygen atoms in total. The third-order valence-corrected chi connectivity index (χ3v) is 5.17. The molecule has 0 aromatic carbocycles. The molecule has 114 valence electrons. The molecule has 0 aliphatic heterocycles. The van der Waals surface area contributed by atoms with E-state index < -0.39 is 0 Å². The molecule has 0 amide bonds. The number of nitrogens with zero attached hydrogens (tertiary/aromatic N) is 2. The number of aromatic nitrogens is 1. The van der Waals surface area contributed by atoms with Crippen molar-refractivity contribution in [1.29, 1.82) is 0 Å².